The SMILES string of the molecule is COc1ccc(SC)cc1-c1[nH]c2c(C)cc(C)cc2c1CCCCN. The molecule has 0 radical (unpaired) electrons. The van der Waals surface area contributed by atoms with Crippen molar-refractivity contribution < 1.29 is 4.74 Å². The van der Waals surface area contributed by atoms with Crippen LogP contribution in [0.4, 0.5) is 0 Å². The van der Waals surface area contributed by atoms with Gasteiger partial charge in [0.05, 0.1) is 12.8 Å². The molecule has 1 heterocycles. The van der Waals surface area contributed by atoms with Crippen molar-refractivity contribution in [3.8, 4) is 17.0 Å². The average molecular weight is 369 g/mol. The Morgan fingerprint density at radius 2 is 1.92 bits per heavy atom. The highest BCUT2D eigenvalue weighted by atomic mass is 32.2. The van der Waals surface area contributed by atoms with Crippen LogP contribution in [-0.4, -0.2) is 24.9 Å². The van der Waals surface area contributed by atoms with Crippen molar-refractivity contribution in [3.63, 3.8) is 0 Å². The van der Waals surface area contributed by atoms with Gasteiger partial charge in [-0.3, -0.25) is 0 Å². The van der Waals surface area contributed by atoms with E-state index in [4.69, 9.17) is 10.5 Å². The van der Waals surface area contributed by atoms with E-state index in [0.717, 1.165) is 37.1 Å². The molecular formula is C22H28N2OS. The summed E-state index contributed by atoms with van der Waals surface area (Å²) in [4.78, 5) is 4.94. The van der Waals surface area contributed by atoms with Crippen LogP contribution in [0.15, 0.2) is 35.2 Å². The van der Waals surface area contributed by atoms with Gasteiger partial charge in [-0.25, -0.2) is 0 Å². The van der Waals surface area contributed by atoms with Gasteiger partial charge >= 0.3 is 0 Å². The van der Waals surface area contributed by atoms with Gasteiger partial charge in [0.2, 0.25) is 0 Å². The van der Waals surface area contributed by atoms with Gasteiger partial charge in [0.15, 0.2) is 0 Å². The molecule has 3 rings (SSSR count). The predicted octanol–water partition coefficient (Wildman–Crippen LogP) is 5.46. The monoisotopic (exact) mass is 368 g/mol. The Kier molecular flexibility index (Phi) is 5.94. The van der Waals surface area contributed by atoms with Crippen LogP contribution in [0.2, 0.25) is 0 Å². The number of benzene rings is 2. The van der Waals surface area contributed by atoms with Crippen LogP contribution >= 0.6 is 11.8 Å². The van der Waals surface area contributed by atoms with Crippen molar-refractivity contribution in [1.82, 2.24) is 4.98 Å². The molecule has 0 fully saturated rings. The van der Waals surface area contributed by atoms with E-state index >= 15 is 0 Å². The van der Waals surface area contributed by atoms with E-state index in [9.17, 15) is 0 Å². The van der Waals surface area contributed by atoms with Gasteiger partial charge in [-0.05, 0) is 81.3 Å². The molecule has 4 heteroatoms. The maximum atomic E-state index is 5.73. The number of aryl methyl sites for hydroxylation is 3. The molecule has 26 heavy (non-hydrogen) atoms. The third kappa shape index (κ3) is 3.62. The number of ether oxygens (including phenoxy) is 1. The number of aromatic nitrogens is 1. The lowest BCUT2D eigenvalue weighted by Crippen LogP contribution is -1.99. The first-order valence-electron chi connectivity index (χ1n) is 9.13. The summed E-state index contributed by atoms with van der Waals surface area (Å²) < 4.78 is 5.68. The van der Waals surface area contributed by atoms with Gasteiger partial charge in [-0.15, -0.1) is 11.8 Å². The number of fused-ring (bicyclic) bond motifs is 1. The molecule has 0 amide bonds. The second-order valence-electron chi connectivity index (χ2n) is 6.79. The van der Waals surface area contributed by atoms with E-state index in [0.29, 0.717) is 0 Å². The Hall–Kier alpha value is -1.91. The zero-order valence-corrected chi connectivity index (χ0v) is 16.9. The van der Waals surface area contributed by atoms with Crippen molar-refractivity contribution >= 4 is 22.7 Å². The minimum Gasteiger partial charge on any atom is -0.496 e. The number of methoxy groups -OCH3 is 1. The molecule has 3 nitrogen and oxygen atoms in total. The topological polar surface area (TPSA) is 51.0 Å². The summed E-state index contributed by atoms with van der Waals surface area (Å²) in [6.45, 7) is 5.08. The minimum absolute atomic E-state index is 0.737. The van der Waals surface area contributed by atoms with E-state index in [1.807, 2.05) is 0 Å². The summed E-state index contributed by atoms with van der Waals surface area (Å²) in [5.41, 5.74) is 13.2. The van der Waals surface area contributed by atoms with Crippen LogP contribution in [0.25, 0.3) is 22.2 Å². The van der Waals surface area contributed by atoms with E-state index in [2.05, 4.69) is 55.4 Å². The molecule has 0 aliphatic carbocycles. The zero-order chi connectivity index (χ0) is 18.7. The van der Waals surface area contributed by atoms with Crippen molar-refractivity contribution in [2.45, 2.75) is 38.0 Å². The first-order chi connectivity index (χ1) is 12.6. The molecule has 0 atom stereocenters. The summed E-state index contributed by atoms with van der Waals surface area (Å²) in [5, 5.41) is 1.33. The van der Waals surface area contributed by atoms with Crippen molar-refractivity contribution in [3.05, 3.63) is 47.0 Å². The number of hydrogen-bond donors (Lipinski definition) is 2. The Bertz CT molecular complexity index is 914. The van der Waals surface area contributed by atoms with E-state index in [-0.39, 0.29) is 0 Å². The fourth-order valence-electron chi connectivity index (χ4n) is 3.65. The summed E-state index contributed by atoms with van der Waals surface area (Å²) >= 11 is 1.75. The highest BCUT2D eigenvalue weighted by Crippen LogP contribution is 2.39. The number of H-pyrrole nitrogens is 1. The maximum Gasteiger partial charge on any atom is 0.128 e. The van der Waals surface area contributed by atoms with Crippen molar-refractivity contribution in [2.75, 3.05) is 19.9 Å². The molecule has 0 saturated heterocycles. The van der Waals surface area contributed by atoms with Crippen LogP contribution in [0.5, 0.6) is 5.75 Å². The van der Waals surface area contributed by atoms with Crippen LogP contribution in [0.1, 0.15) is 29.5 Å². The number of nitrogens with two attached hydrogens (primary N) is 1. The van der Waals surface area contributed by atoms with Gasteiger partial charge in [0.25, 0.3) is 0 Å². The first kappa shape index (κ1) is 18.9. The largest absolute Gasteiger partial charge is 0.496 e. The van der Waals surface area contributed by atoms with Gasteiger partial charge in [-0.1, -0.05) is 11.6 Å². The van der Waals surface area contributed by atoms with Crippen LogP contribution < -0.4 is 10.5 Å². The summed E-state index contributed by atoms with van der Waals surface area (Å²) in [6.07, 6.45) is 5.25. The summed E-state index contributed by atoms with van der Waals surface area (Å²) in [6, 6.07) is 10.9. The van der Waals surface area contributed by atoms with Gasteiger partial charge in [0, 0.05) is 21.4 Å². The normalized spacial score (nSPS) is 11.3. The molecule has 138 valence electrons. The molecule has 0 aliphatic heterocycles. The highest BCUT2D eigenvalue weighted by Gasteiger charge is 2.18. The van der Waals surface area contributed by atoms with E-state index < -0.39 is 0 Å². The number of unbranched alkanes of at least 4 members (excludes halogenated alkanes) is 1. The zero-order valence-electron chi connectivity index (χ0n) is 16.1. The average Bonchev–Trinajstić information content (AvgIpc) is 3.00. The Morgan fingerprint density at radius 3 is 2.62 bits per heavy atom. The first-order valence-corrected chi connectivity index (χ1v) is 10.4. The number of rotatable bonds is 7. The number of thioether (sulfide) groups is 1. The molecule has 1 aromatic heterocycles. The molecule has 0 saturated carbocycles. The highest BCUT2D eigenvalue weighted by molar-refractivity contribution is 7.98. The summed E-state index contributed by atoms with van der Waals surface area (Å²) in [5.74, 6) is 0.906. The molecule has 0 unspecified atom stereocenters. The molecule has 0 spiro atoms. The fourth-order valence-corrected chi connectivity index (χ4v) is 4.09. The van der Waals surface area contributed by atoms with Crippen LogP contribution in [-0.2, 0) is 6.42 Å². The maximum absolute atomic E-state index is 5.73. The molecule has 0 aliphatic rings. The van der Waals surface area contributed by atoms with Crippen molar-refractivity contribution in [1.29, 1.82) is 0 Å². The quantitative estimate of drug-likeness (QED) is 0.430. The number of hydrogen-bond acceptors (Lipinski definition) is 3. The van der Waals surface area contributed by atoms with E-state index in [1.54, 1.807) is 18.9 Å². The third-order valence-corrected chi connectivity index (χ3v) is 5.64. The lowest BCUT2D eigenvalue weighted by Gasteiger charge is -2.11. The van der Waals surface area contributed by atoms with Crippen LogP contribution in [0, 0.1) is 13.8 Å². The molecular weight excluding hydrogens is 340 g/mol. The smallest absolute Gasteiger partial charge is 0.128 e. The predicted molar refractivity (Wildman–Crippen MR) is 114 cm³/mol. The lowest BCUT2D eigenvalue weighted by atomic mass is 9.98. The molecule has 3 aromatic rings. The van der Waals surface area contributed by atoms with Gasteiger partial charge in [-0.2, -0.15) is 0 Å². The Balaban J connectivity index is 2.24. The van der Waals surface area contributed by atoms with Crippen molar-refractivity contribution in [2.24, 2.45) is 5.73 Å². The van der Waals surface area contributed by atoms with E-state index in [1.165, 1.54) is 38.2 Å². The third-order valence-electron chi connectivity index (χ3n) is 4.91. The second-order valence-corrected chi connectivity index (χ2v) is 7.67. The van der Waals surface area contributed by atoms with Crippen LogP contribution in [0.3, 0.4) is 0 Å². The minimum atomic E-state index is 0.737. The molecule has 3 N–H and O–H groups in total. The standard InChI is InChI=1S/C22H28N2OS/c1-14-11-15(2)21-18(12-14)17(7-5-6-10-23)22(24-21)19-13-16(26-4)8-9-20(19)25-3/h8-9,11-13,24H,5-7,10,23H2,1-4H3. The second kappa shape index (κ2) is 8.19. The van der Waals surface area contributed by atoms with Gasteiger partial charge in [0.1, 0.15) is 5.75 Å². The number of aromatic amines is 1. The number of nitrogens with one attached hydrogen (secondary N) is 1. The molecule has 0 bridgehead atoms. The van der Waals surface area contributed by atoms with Gasteiger partial charge < -0.3 is 15.5 Å². The lowest BCUT2D eigenvalue weighted by molar-refractivity contribution is 0.416. The Labute approximate surface area is 160 Å². The summed E-state index contributed by atoms with van der Waals surface area (Å²) in [7, 11) is 1.74. The Morgan fingerprint density at radius 1 is 1.12 bits per heavy atom. The molecule has 2 aromatic carbocycles. The fraction of sp³-hybridized carbons (Fsp3) is 0.364.